The number of carbonyl (C=O) groups is 2. The van der Waals surface area contributed by atoms with Crippen molar-refractivity contribution >= 4 is 29.2 Å². The van der Waals surface area contributed by atoms with Gasteiger partial charge >= 0.3 is 6.03 Å². The first-order valence-corrected chi connectivity index (χ1v) is 11.4. The van der Waals surface area contributed by atoms with Gasteiger partial charge in [0.25, 0.3) is 5.91 Å². The van der Waals surface area contributed by atoms with Gasteiger partial charge in [-0.25, -0.2) is 4.79 Å². The fraction of sp³-hybridized carbons (Fsp3) is 0.417. The SMILES string of the molecule is Cc1cccc(CN2C(=O)C3C(NC4N(c5cccc(Cl)c5C)CCCN34)N(C)C2=O)c1. The summed E-state index contributed by atoms with van der Waals surface area (Å²) in [4.78, 5) is 34.3. The molecule has 0 radical (unpaired) electrons. The van der Waals surface area contributed by atoms with Crippen LogP contribution in [-0.2, 0) is 11.3 Å². The van der Waals surface area contributed by atoms with Gasteiger partial charge in [0.15, 0.2) is 0 Å². The third-order valence-electron chi connectivity index (χ3n) is 6.84. The number of anilines is 1. The van der Waals surface area contributed by atoms with E-state index in [1.165, 1.54) is 4.90 Å². The average molecular weight is 454 g/mol. The lowest BCUT2D eigenvalue weighted by atomic mass is 10.1. The zero-order valence-electron chi connectivity index (χ0n) is 18.6. The molecule has 3 heterocycles. The van der Waals surface area contributed by atoms with Crippen LogP contribution in [0.2, 0.25) is 5.02 Å². The molecule has 3 saturated heterocycles. The summed E-state index contributed by atoms with van der Waals surface area (Å²) < 4.78 is 0. The molecule has 3 unspecified atom stereocenters. The Labute approximate surface area is 193 Å². The van der Waals surface area contributed by atoms with Crippen LogP contribution in [0.1, 0.15) is 23.1 Å². The molecule has 0 aromatic heterocycles. The number of hydrogen-bond donors (Lipinski definition) is 1. The van der Waals surface area contributed by atoms with Crippen molar-refractivity contribution in [2.45, 2.75) is 45.3 Å². The number of nitrogens with one attached hydrogen (secondary N) is 1. The number of amides is 3. The molecule has 8 heteroatoms. The second-order valence-electron chi connectivity index (χ2n) is 8.91. The maximum Gasteiger partial charge on any atom is 0.328 e. The summed E-state index contributed by atoms with van der Waals surface area (Å²) in [5.41, 5.74) is 4.13. The van der Waals surface area contributed by atoms with Crippen molar-refractivity contribution in [3.63, 3.8) is 0 Å². The van der Waals surface area contributed by atoms with E-state index in [9.17, 15) is 9.59 Å². The molecule has 32 heavy (non-hydrogen) atoms. The van der Waals surface area contributed by atoms with Crippen LogP contribution < -0.4 is 10.2 Å². The minimum absolute atomic E-state index is 0.140. The lowest BCUT2D eigenvalue weighted by Crippen LogP contribution is -2.66. The third kappa shape index (κ3) is 3.36. The van der Waals surface area contributed by atoms with Gasteiger partial charge in [0.1, 0.15) is 18.5 Å². The molecule has 168 valence electrons. The minimum atomic E-state index is -0.421. The van der Waals surface area contributed by atoms with Crippen molar-refractivity contribution in [2.24, 2.45) is 0 Å². The molecule has 7 nitrogen and oxygen atoms in total. The van der Waals surface area contributed by atoms with Gasteiger partial charge in [-0.3, -0.25) is 19.9 Å². The minimum Gasteiger partial charge on any atom is -0.343 e. The lowest BCUT2D eigenvalue weighted by molar-refractivity contribution is -0.139. The summed E-state index contributed by atoms with van der Waals surface area (Å²) in [6.45, 7) is 5.96. The van der Waals surface area contributed by atoms with Crippen LogP contribution in [-0.4, -0.2) is 65.3 Å². The van der Waals surface area contributed by atoms with E-state index in [0.717, 1.165) is 46.9 Å². The highest BCUT2D eigenvalue weighted by molar-refractivity contribution is 6.31. The van der Waals surface area contributed by atoms with Gasteiger partial charge in [-0.1, -0.05) is 47.5 Å². The number of carbonyl (C=O) groups excluding carboxylic acids is 2. The molecule has 3 atom stereocenters. The molecule has 0 aliphatic carbocycles. The van der Waals surface area contributed by atoms with E-state index in [-0.39, 0.29) is 30.9 Å². The fourth-order valence-electron chi connectivity index (χ4n) is 5.21. The Morgan fingerprint density at radius 1 is 1.09 bits per heavy atom. The number of halogens is 1. The van der Waals surface area contributed by atoms with Crippen LogP contribution in [0.25, 0.3) is 0 Å². The molecular weight excluding hydrogens is 426 g/mol. The smallest absolute Gasteiger partial charge is 0.328 e. The topological polar surface area (TPSA) is 59.1 Å². The second kappa shape index (κ2) is 8.06. The van der Waals surface area contributed by atoms with Gasteiger partial charge in [0, 0.05) is 30.8 Å². The molecule has 1 N–H and O–H groups in total. The maximum atomic E-state index is 13.6. The number of likely N-dealkylation sites (N-methyl/N-ethyl adjacent to an activating group) is 1. The number of rotatable bonds is 3. The number of imide groups is 1. The predicted octanol–water partition coefficient (Wildman–Crippen LogP) is 3.14. The van der Waals surface area contributed by atoms with Crippen molar-refractivity contribution in [1.82, 2.24) is 20.0 Å². The van der Waals surface area contributed by atoms with Crippen LogP contribution in [0, 0.1) is 13.8 Å². The van der Waals surface area contributed by atoms with Crippen molar-refractivity contribution in [1.29, 1.82) is 0 Å². The highest BCUT2D eigenvalue weighted by Crippen LogP contribution is 2.36. The molecule has 0 spiro atoms. The van der Waals surface area contributed by atoms with E-state index in [2.05, 4.69) is 21.2 Å². The number of benzene rings is 2. The average Bonchev–Trinajstić information content (AvgIpc) is 3.17. The van der Waals surface area contributed by atoms with E-state index < -0.39 is 6.04 Å². The van der Waals surface area contributed by atoms with Crippen LogP contribution in [0.15, 0.2) is 42.5 Å². The summed E-state index contributed by atoms with van der Waals surface area (Å²) in [6.07, 6.45) is 0.388. The number of nitrogens with zero attached hydrogens (tertiary/aromatic N) is 4. The molecule has 2 aromatic rings. The van der Waals surface area contributed by atoms with Gasteiger partial charge < -0.3 is 9.80 Å². The summed E-state index contributed by atoms with van der Waals surface area (Å²) >= 11 is 6.40. The monoisotopic (exact) mass is 453 g/mol. The van der Waals surface area contributed by atoms with E-state index in [0.29, 0.717) is 0 Å². The number of aryl methyl sites for hydroxylation is 1. The summed E-state index contributed by atoms with van der Waals surface area (Å²) in [6, 6.07) is 13.2. The van der Waals surface area contributed by atoms with Gasteiger partial charge in [0.05, 0.1) is 6.54 Å². The molecule has 3 aliphatic heterocycles. The number of hydrogen-bond acceptors (Lipinski definition) is 5. The Bertz CT molecular complexity index is 1080. The van der Waals surface area contributed by atoms with Gasteiger partial charge in [-0.05, 0) is 43.5 Å². The third-order valence-corrected chi connectivity index (χ3v) is 7.25. The van der Waals surface area contributed by atoms with Crippen molar-refractivity contribution in [3.05, 3.63) is 64.2 Å². The number of fused-ring (bicyclic) bond motifs is 3. The molecule has 0 bridgehead atoms. The summed E-state index contributed by atoms with van der Waals surface area (Å²) in [5, 5.41) is 4.29. The normalized spacial score (nSPS) is 25.9. The van der Waals surface area contributed by atoms with Crippen molar-refractivity contribution < 1.29 is 9.59 Å². The zero-order valence-corrected chi connectivity index (χ0v) is 19.3. The summed E-state index contributed by atoms with van der Waals surface area (Å²) in [5.74, 6) is -0.140. The van der Waals surface area contributed by atoms with Crippen LogP contribution in [0.4, 0.5) is 10.5 Å². The quantitative estimate of drug-likeness (QED) is 0.773. The first-order chi connectivity index (χ1) is 15.4. The van der Waals surface area contributed by atoms with E-state index in [4.69, 9.17) is 11.6 Å². The molecule has 0 saturated carbocycles. The van der Waals surface area contributed by atoms with Crippen LogP contribution in [0.5, 0.6) is 0 Å². The highest BCUT2D eigenvalue weighted by atomic mass is 35.5. The zero-order chi connectivity index (χ0) is 22.6. The van der Waals surface area contributed by atoms with Crippen molar-refractivity contribution in [3.8, 4) is 0 Å². The standard InChI is InChI=1S/C24H28ClN5O2/c1-15-7-4-8-17(13-15)14-30-22(31)20-21(27(3)24(30)32)26-23-28(11-6-12-29(20)23)19-10-5-9-18(25)16(19)2/h4-5,7-10,13,20-21,23,26H,6,11-12,14H2,1-3H3. The van der Waals surface area contributed by atoms with E-state index in [1.54, 1.807) is 11.9 Å². The maximum absolute atomic E-state index is 13.6. The van der Waals surface area contributed by atoms with Crippen molar-refractivity contribution in [2.75, 3.05) is 25.0 Å². The number of urea groups is 1. The Morgan fingerprint density at radius 3 is 2.66 bits per heavy atom. The Kier molecular flexibility index (Phi) is 5.35. The molecule has 3 fully saturated rings. The van der Waals surface area contributed by atoms with Crippen LogP contribution in [0.3, 0.4) is 0 Å². The Balaban J connectivity index is 1.45. The molecular formula is C24H28ClN5O2. The van der Waals surface area contributed by atoms with Gasteiger partial charge in [0.2, 0.25) is 0 Å². The highest BCUT2D eigenvalue weighted by Gasteiger charge is 2.56. The molecule has 3 amide bonds. The lowest BCUT2D eigenvalue weighted by Gasteiger charge is -2.44. The van der Waals surface area contributed by atoms with E-state index in [1.807, 2.05) is 50.2 Å². The Morgan fingerprint density at radius 2 is 1.88 bits per heavy atom. The van der Waals surface area contributed by atoms with Gasteiger partial charge in [-0.15, -0.1) is 0 Å². The molecule has 5 rings (SSSR count). The summed E-state index contributed by atoms with van der Waals surface area (Å²) in [7, 11) is 1.77. The Hall–Kier alpha value is -2.61. The largest absolute Gasteiger partial charge is 0.343 e. The first-order valence-electron chi connectivity index (χ1n) is 11.0. The predicted molar refractivity (Wildman–Crippen MR) is 124 cm³/mol. The fourth-order valence-corrected chi connectivity index (χ4v) is 5.38. The van der Waals surface area contributed by atoms with Gasteiger partial charge in [-0.2, -0.15) is 0 Å². The van der Waals surface area contributed by atoms with Crippen LogP contribution >= 0.6 is 11.6 Å². The first kappa shape index (κ1) is 21.2. The molecule has 3 aliphatic rings. The van der Waals surface area contributed by atoms with E-state index >= 15 is 0 Å². The second-order valence-corrected chi connectivity index (χ2v) is 9.31. The molecule has 2 aromatic carbocycles.